The van der Waals surface area contributed by atoms with Crippen molar-refractivity contribution in [1.82, 2.24) is 0 Å². The van der Waals surface area contributed by atoms with E-state index in [0.717, 1.165) is 21.7 Å². The van der Waals surface area contributed by atoms with Gasteiger partial charge in [-0.3, -0.25) is 9.59 Å². The van der Waals surface area contributed by atoms with Crippen LogP contribution in [0.3, 0.4) is 0 Å². The number of imide groups is 1. The maximum absolute atomic E-state index is 13.4. The van der Waals surface area contributed by atoms with Gasteiger partial charge in [-0.1, -0.05) is 53.5 Å². The SMILES string of the molecule is Cc1cccc(NC2=C(c3ccc(Cl)cc3)C(=O)N(c3ccc(C)c(Cl)c3)C2=O)c1. The van der Waals surface area contributed by atoms with Crippen LogP contribution in [-0.4, -0.2) is 11.8 Å². The van der Waals surface area contributed by atoms with Crippen molar-refractivity contribution in [3.05, 3.63) is 99.2 Å². The van der Waals surface area contributed by atoms with Crippen LogP contribution >= 0.6 is 23.2 Å². The van der Waals surface area contributed by atoms with Gasteiger partial charge in [0.25, 0.3) is 11.8 Å². The van der Waals surface area contributed by atoms with E-state index in [2.05, 4.69) is 5.32 Å². The second-order valence-corrected chi connectivity index (χ2v) is 7.97. The molecule has 4 rings (SSSR count). The Kier molecular flexibility index (Phi) is 5.37. The number of benzene rings is 3. The van der Waals surface area contributed by atoms with Gasteiger partial charge in [-0.2, -0.15) is 0 Å². The number of rotatable bonds is 4. The van der Waals surface area contributed by atoms with Crippen molar-refractivity contribution in [3.63, 3.8) is 0 Å². The molecule has 6 heteroatoms. The number of nitrogens with zero attached hydrogens (tertiary/aromatic N) is 1. The number of aryl methyl sites for hydroxylation is 2. The molecule has 1 N–H and O–H groups in total. The number of hydrogen-bond donors (Lipinski definition) is 1. The zero-order valence-corrected chi connectivity index (χ0v) is 17.9. The molecule has 0 radical (unpaired) electrons. The van der Waals surface area contributed by atoms with Gasteiger partial charge in [0.1, 0.15) is 5.70 Å². The van der Waals surface area contributed by atoms with Crippen LogP contribution in [0.5, 0.6) is 0 Å². The summed E-state index contributed by atoms with van der Waals surface area (Å²) in [6.07, 6.45) is 0. The van der Waals surface area contributed by atoms with E-state index >= 15 is 0 Å². The fourth-order valence-electron chi connectivity index (χ4n) is 3.35. The predicted molar refractivity (Wildman–Crippen MR) is 122 cm³/mol. The maximum atomic E-state index is 13.4. The molecule has 0 spiro atoms. The molecule has 0 fully saturated rings. The number of halogens is 2. The third kappa shape index (κ3) is 3.72. The Morgan fingerprint density at radius 1 is 0.833 bits per heavy atom. The van der Waals surface area contributed by atoms with Gasteiger partial charge >= 0.3 is 0 Å². The maximum Gasteiger partial charge on any atom is 0.282 e. The lowest BCUT2D eigenvalue weighted by molar-refractivity contribution is -0.120. The van der Waals surface area contributed by atoms with Gasteiger partial charge in [0.2, 0.25) is 0 Å². The first kappa shape index (κ1) is 20.2. The van der Waals surface area contributed by atoms with E-state index in [1.165, 1.54) is 0 Å². The molecule has 1 aliphatic heterocycles. The molecule has 0 aromatic heterocycles. The highest BCUT2D eigenvalue weighted by Crippen LogP contribution is 2.35. The standard InChI is InChI=1S/C24H18Cl2N2O2/c1-14-4-3-5-18(12-14)27-22-21(16-7-9-17(25)10-8-16)23(29)28(24(22)30)19-11-6-15(2)20(26)13-19/h3-13,27H,1-2H3. The largest absolute Gasteiger partial charge is 0.350 e. The van der Waals surface area contributed by atoms with Crippen molar-refractivity contribution in [2.24, 2.45) is 0 Å². The highest BCUT2D eigenvalue weighted by molar-refractivity contribution is 6.46. The Morgan fingerprint density at radius 3 is 2.23 bits per heavy atom. The van der Waals surface area contributed by atoms with E-state index < -0.39 is 11.8 Å². The van der Waals surface area contributed by atoms with Gasteiger partial charge in [0.05, 0.1) is 11.3 Å². The number of nitrogens with one attached hydrogen (secondary N) is 1. The van der Waals surface area contributed by atoms with E-state index in [0.29, 0.717) is 21.3 Å². The smallest absolute Gasteiger partial charge is 0.282 e. The van der Waals surface area contributed by atoms with Gasteiger partial charge in [-0.15, -0.1) is 0 Å². The number of hydrogen-bond acceptors (Lipinski definition) is 3. The summed E-state index contributed by atoms with van der Waals surface area (Å²) in [6.45, 7) is 3.82. The average molecular weight is 437 g/mol. The first-order valence-corrected chi connectivity index (χ1v) is 10.1. The summed E-state index contributed by atoms with van der Waals surface area (Å²) >= 11 is 12.3. The minimum Gasteiger partial charge on any atom is -0.350 e. The summed E-state index contributed by atoms with van der Waals surface area (Å²) in [6, 6.07) is 19.6. The van der Waals surface area contributed by atoms with Crippen molar-refractivity contribution in [3.8, 4) is 0 Å². The molecule has 3 aromatic rings. The Bertz CT molecular complexity index is 1200. The molecule has 150 valence electrons. The molecule has 1 heterocycles. The first-order valence-electron chi connectivity index (χ1n) is 9.34. The minimum absolute atomic E-state index is 0.213. The molecule has 0 saturated carbocycles. The summed E-state index contributed by atoms with van der Waals surface area (Å²) in [5.41, 5.74) is 4.15. The Labute approximate surface area is 184 Å². The molecule has 4 nitrogen and oxygen atoms in total. The van der Waals surface area contributed by atoms with Crippen molar-refractivity contribution in [1.29, 1.82) is 0 Å². The van der Waals surface area contributed by atoms with E-state index in [1.807, 2.05) is 38.1 Å². The molecular weight excluding hydrogens is 419 g/mol. The van der Waals surface area contributed by atoms with Gasteiger partial charge in [-0.25, -0.2) is 4.90 Å². The molecule has 0 unspecified atom stereocenters. The third-order valence-corrected chi connectivity index (χ3v) is 5.58. The van der Waals surface area contributed by atoms with Crippen LogP contribution < -0.4 is 10.2 Å². The van der Waals surface area contributed by atoms with Crippen LogP contribution in [0.1, 0.15) is 16.7 Å². The quantitative estimate of drug-likeness (QED) is 0.509. The van der Waals surface area contributed by atoms with E-state index in [4.69, 9.17) is 23.2 Å². The number of amides is 2. The summed E-state index contributed by atoms with van der Waals surface area (Å²) in [5, 5.41) is 4.19. The first-order chi connectivity index (χ1) is 14.3. The zero-order chi connectivity index (χ0) is 21.4. The highest BCUT2D eigenvalue weighted by atomic mass is 35.5. The fraction of sp³-hybridized carbons (Fsp3) is 0.0833. The number of carbonyl (C=O) groups excluding carboxylic acids is 2. The summed E-state index contributed by atoms with van der Waals surface area (Å²) in [4.78, 5) is 27.9. The third-order valence-electron chi connectivity index (χ3n) is 4.92. The van der Waals surface area contributed by atoms with Crippen molar-refractivity contribution in [2.75, 3.05) is 10.2 Å². The van der Waals surface area contributed by atoms with Crippen LogP contribution in [0.4, 0.5) is 11.4 Å². The minimum atomic E-state index is -0.439. The van der Waals surface area contributed by atoms with Crippen molar-refractivity contribution < 1.29 is 9.59 Å². The average Bonchev–Trinajstić information content (AvgIpc) is 2.95. The molecule has 2 amide bonds. The molecule has 0 bridgehead atoms. The van der Waals surface area contributed by atoms with Crippen LogP contribution in [-0.2, 0) is 9.59 Å². The topological polar surface area (TPSA) is 49.4 Å². The zero-order valence-electron chi connectivity index (χ0n) is 16.4. The Hall–Kier alpha value is -3.08. The molecule has 0 aliphatic carbocycles. The normalized spacial score (nSPS) is 13.9. The van der Waals surface area contributed by atoms with Crippen molar-refractivity contribution in [2.45, 2.75) is 13.8 Å². The summed E-state index contributed by atoms with van der Waals surface area (Å²) in [5.74, 6) is -0.858. The molecule has 1 aliphatic rings. The van der Waals surface area contributed by atoms with Crippen LogP contribution in [0.15, 0.2) is 72.4 Å². The summed E-state index contributed by atoms with van der Waals surface area (Å²) < 4.78 is 0. The van der Waals surface area contributed by atoms with Crippen molar-refractivity contribution >= 4 is 52.0 Å². The number of anilines is 2. The van der Waals surface area contributed by atoms with Gasteiger partial charge in [-0.05, 0) is 66.9 Å². The highest BCUT2D eigenvalue weighted by Gasteiger charge is 2.40. The molecule has 3 aromatic carbocycles. The van der Waals surface area contributed by atoms with E-state index in [9.17, 15) is 9.59 Å². The Morgan fingerprint density at radius 2 is 1.57 bits per heavy atom. The van der Waals surface area contributed by atoms with E-state index in [1.54, 1.807) is 42.5 Å². The lowest BCUT2D eigenvalue weighted by Gasteiger charge is -2.16. The fourth-order valence-corrected chi connectivity index (χ4v) is 3.65. The van der Waals surface area contributed by atoms with Gasteiger partial charge < -0.3 is 5.32 Å². The second kappa shape index (κ2) is 7.98. The molecule has 0 saturated heterocycles. The Balaban J connectivity index is 1.83. The van der Waals surface area contributed by atoms with Crippen LogP contribution in [0.25, 0.3) is 5.57 Å². The molecular formula is C24H18Cl2N2O2. The van der Waals surface area contributed by atoms with Crippen LogP contribution in [0.2, 0.25) is 10.0 Å². The van der Waals surface area contributed by atoms with Gasteiger partial charge in [0.15, 0.2) is 0 Å². The lowest BCUT2D eigenvalue weighted by atomic mass is 10.0. The monoisotopic (exact) mass is 436 g/mol. The second-order valence-electron chi connectivity index (χ2n) is 7.13. The van der Waals surface area contributed by atoms with Gasteiger partial charge in [0, 0.05) is 15.7 Å². The van der Waals surface area contributed by atoms with E-state index in [-0.39, 0.29) is 11.3 Å². The molecule has 30 heavy (non-hydrogen) atoms. The van der Waals surface area contributed by atoms with Crippen LogP contribution in [0, 0.1) is 13.8 Å². The lowest BCUT2D eigenvalue weighted by Crippen LogP contribution is -2.32. The molecule has 0 atom stereocenters. The summed E-state index contributed by atoms with van der Waals surface area (Å²) in [7, 11) is 0. The predicted octanol–water partition coefficient (Wildman–Crippen LogP) is 6.01. The number of carbonyl (C=O) groups is 2.